The van der Waals surface area contributed by atoms with Gasteiger partial charge in [-0.1, -0.05) is 29.8 Å². The highest BCUT2D eigenvalue weighted by atomic mass is 35.5. The molecule has 4 aromatic rings. The summed E-state index contributed by atoms with van der Waals surface area (Å²) < 4.78 is 38.6. The second-order valence-electron chi connectivity index (χ2n) is 8.23. The van der Waals surface area contributed by atoms with Gasteiger partial charge in [0.2, 0.25) is 0 Å². The van der Waals surface area contributed by atoms with Crippen molar-refractivity contribution >= 4 is 45.4 Å². The van der Waals surface area contributed by atoms with Crippen molar-refractivity contribution in [3.63, 3.8) is 0 Å². The topological polar surface area (TPSA) is 123 Å². The maximum Gasteiger partial charge on any atom is 0.343 e. The number of sulfonamides is 1. The minimum atomic E-state index is -3.81. The number of amides is 1. The molecule has 0 radical (unpaired) electrons. The van der Waals surface area contributed by atoms with Crippen molar-refractivity contribution in [3.8, 4) is 11.5 Å². The third-order valence-electron chi connectivity index (χ3n) is 5.38. The van der Waals surface area contributed by atoms with Crippen molar-refractivity contribution in [2.45, 2.75) is 11.8 Å². The summed E-state index contributed by atoms with van der Waals surface area (Å²) in [5, 5.41) is 4.40. The van der Waals surface area contributed by atoms with Crippen molar-refractivity contribution in [1.82, 2.24) is 5.43 Å². The summed E-state index contributed by atoms with van der Waals surface area (Å²) in [5.41, 5.74) is 3.97. The molecule has 0 heterocycles. The zero-order valence-corrected chi connectivity index (χ0v) is 22.8. The van der Waals surface area contributed by atoms with Crippen molar-refractivity contribution < 1.29 is 27.5 Å². The van der Waals surface area contributed by atoms with Gasteiger partial charge in [0.25, 0.3) is 15.9 Å². The number of rotatable bonds is 10. The molecule has 0 aliphatic heterocycles. The first-order valence-corrected chi connectivity index (χ1v) is 13.9. The molecule has 9 nitrogen and oxygen atoms in total. The number of benzene rings is 4. The number of nitrogens with zero attached hydrogens (tertiary/aromatic N) is 1. The van der Waals surface area contributed by atoms with Crippen LogP contribution in [0.3, 0.4) is 0 Å². The summed E-state index contributed by atoms with van der Waals surface area (Å²) in [5.74, 6) is -0.414. The Labute approximate surface area is 236 Å². The fourth-order valence-electron chi connectivity index (χ4n) is 3.44. The summed E-state index contributed by atoms with van der Waals surface area (Å²) in [4.78, 5) is 25.0. The Kier molecular flexibility index (Phi) is 9.15. The summed E-state index contributed by atoms with van der Waals surface area (Å²) in [7, 11) is -3.81. The van der Waals surface area contributed by atoms with E-state index in [2.05, 4.69) is 15.2 Å². The highest BCUT2D eigenvalue weighted by Crippen LogP contribution is 2.29. The molecule has 4 rings (SSSR count). The molecule has 0 aliphatic rings. The molecule has 0 aromatic heterocycles. The fraction of sp³-hybridized carbons (Fsp3) is 0.0690. The first kappa shape index (κ1) is 28.3. The van der Waals surface area contributed by atoms with Crippen LogP contribution in [0, 0.1) is 0 Å². The molecule has 2 N–H and O–H groups in total. The first-order valence-electron chi connectivity index (χ1n) is 12.0. The molecule has 0 unspecified atom stereocenters. The Balaban J connectivity index is 1.37. The number of nitrogens with one attached hydrogen (secondary N) is 2. The minimum Gasteiger partial charge on any atom is -0.490 e. The van der Waals surface area contributed by atoms with Crippen LogP contribution in [0.5, 0.6) is 11.5 Å². The van der Waals surface area contributed by atoms with Crippen LogP contribution in [0.1, 0.15) is 33.2 Å². The average Bonchev–Trinajstić information content (AvgIpc) is 2.95. The van der Waals surface area contributed by atoms with Crippen molar-refractivity contribution in [2.24, 2.45) is 5.10 Å². The highest BCUT2D eigenvalue weighted by Gasteiger charge is 2.15. The molecule has 0 spiro atoms. The number of hydrogen-bond acceptors (Lipinski definition) is 7. The van der Waals surface area contributed by atoms with Gasteiger partial charge < -0.3 is 9.47 Å². The Morgan fingerprint density at radius 3 is 2.25 bits per heavy atom. The molecular formula is C29H24ClN3O6S. The SMILES string of the molecule is CCOc1cc(/C=N\NC(=O)c2ccc(NS(=O)(=O)c3ccc(Cl)cc3)cc2)ccc1OC(=O)c1ccccc1. The summed E-state index contributed by atoms with van der Waals surface area (Å²) in [6.07, 6.45) is 1.41. The predicted molar refractivity (Wildman–Crippen MR) is 153 cm³/mol. The van der Waals surface area contributed by atoms with Gasteiger partial charge in [-0.05, 0) is 91.3 Å². The number of carbonyl (C=O) groups is 2. The van der Waals surface area contributed by atoms with E-state index >= 15 is 0 Å². The second kappa shape index (κ2) is 12.9. The number of ether oxygens (including phenoxy) is 2. The Morgan fingerprint density at radius 2 is 1.57 bits per heavy atom. The molecule has 11 heteroatoms. The molecule has 0 atom stereocenters. The van der Waals surface area contributed by atoms with Gasteiger partial charge in [-0.15, -0.1) is 0 Å². The van der Waals surface area contributed by atoms with Crippen LogP contribution in [0.2, 0.25) is 5.02 Å². The van der Waals surface area contributed by atoms with E-state index in [9.17, 15) is 18.0 Å². The lowest BCUT2D eigenvalue weighted by Crippen LogP contribution is -2.18. The molecule has 0 bridgehead atoms. The molecular weight excluding hydrogens is 554 g/mol. The van der Waals surface area contributed by atoms with E-state index < -0.39 is 21.9 Å². The minimum absolute atomic E-state index is 0.0583. The molecule has 0 saturated heterocycles. The van der Waals surface area contributed by atoms with Gasteiger partial charge in [-0.25, -0.2) is 18.6 Å². The smallest absolute Gasteiger partial charge is 0.343 e. The third-order valence-corrected chi connectivity index (χ3v) is 7.03. The van der Waals surface area contributed by atoms with E-state index in [1.54, 1.807) is 55.5 Å². The monoisotopic (exact) mass is 577 g/mol. The maximum absolute atomic E-state index is 12.5. The number of hydrazone groups is 1. The predicted octanol–water partition coefficient (Wildman–Crippen LogP) is 5.52. The first-order chi connectivity index (χ1) is 19.2. The standard InChI is InChI=1S/C29H24ClN3O6S/c1-2-38-27-18-20(8-17-26(27)39-29(35)22-6-4-3-5-7-22)19-31-32-28(34)21-9-13-24(14-10-21)33-40(36,37)25-15-11-23(30)12-16-25/h3-19,33H,2H2,1H3,(H,32,34)/b31-19-. The van der Waals surface area contributed by atoms with Gasteiger partial charge in [-0.3, -0.25) is 9.52 Å². The van der Waals surface area contributed by atoms with E-state index in [0.29, 0.717) is 28.5 Å². The summed E-state index contributed by atoms with van der Waals surface area (Å²) >= 11 is 5.82. The lowest BCUT2D eigenvalue weighted by Gasteiger charge is -2.11. The molecule has 0 fully saturated rings. The van der Waals surface area contributed by atoms with Crippen LogP contribution in [0.15, 0.2) is 107 Å². The van der Waals surface area contributed by atoms with Crippen LogP contribution >= 0.6 is 11.6 Å². The van der Waals surface area contributed by atoms with Crippen LogP contribution in [-0.4, -0.2) is 33.1 Å². The normalized spacial score (nSPS) is 11.2. The molecule has 204 valence electrons. The van der Waals surface area contributed by atoms with Crippen molar-refractivity contribution in [2.75, 3.05) is 11.3 Å². The largest absolute Gasteiger partial charge is 0.490 e. The highest BCUT2D eigenvalue weighted by molar-refractivity contribution is 7.92. The Hall–Kier alpha value is -4.67. The zero-order chi connectivity index (χ0) is 28.5. The molecule has 0 saturated carbocycles. The Bertz CT molecular complexity index is 1630. The van der Waals surface area contributed by atoms with Crippen LogP contribution in [0.25, 0.3) is 0 Å². The fourth-order valence-corrected chi connectivity index (χ4v) is 4.62. The van der Waals surface area contributed by atoms with E-state index in [4.69, 9.17) is 21.1 Å². The Morgan fingerprint density at radius 1 is 0.875 bits per heavy atom. The van der Waals surface area contributed by atoms with Gasteiger partial charge in [0.05, 0.1) is 23.3 Å². The number of carbonyl (C=O) groups excluding carboxylic acids is 2. The lowest BCUT2D eigenvalue weighted by atomic mass is 10.2. The van der Waals surface area contributed by atoms with Crippen molar-refractivity contribution in [3.05, 3.63) is 119 Å². The second-order valence-corrected chi connectivity index (χ2v) is 10.3. The van der Waals surface area contributed by atoms with Gasteiger partial charge in [0.15, 0.2) is 11.5 Å². The van der Waals surface area contributed by atoms with Crippen LogP contribution in [-0.2, 0) is 10.0 Å². The van der Waals surface area contributed by atoms with Gasteiger partial charge in [-0.2, -0.15) is 5.10 Å². The van der Waals surface area contributed by atoms with Gasteiger partial charge in [0.1, 0.15) is 0 Å². The molecule has 40 heavy (non-hydrogen) atoms. The lowest BCUT2D eigenvalue weighted by molar-refractivity contribution is 0.0728. The van der Waals surface area contributed by atoms with Gasteiger partial charge in [0, 0.05) is 16.3 Å². The van der Waals surface area contributed by atoms with Crippen molar-refractivity contribution in [1.29, 1.82) is 0 Å². The molecule has 4 aromatic carbocycles. The molecule has 0 aliphatic carbocycles. The third kappa shape index (κ3) is 7.46. The zero-order valence-electron chi connectivity index (χ0n) is 21.2. The quantitative estimate of drug-likeness (QED) is 0.111. The summed E-state index contributed by atoms with van der Waals surface area (Å²) in [6, 6.07) is 25.1. The van der Waals surface area contributed by atoms with E-state index in [1.165, 1.54) is 54.7 Å². The molecule has 1 amide bonds. The maximum atomic E-state index is 12.5. The van der Waals surface area contributed by atoms with E-state index in [-0.39, 0.29) is 21.9 Å². The average molecular weight is 578 g/mol. The van der Waals surface area contributed by atoms with Crippen LogP contribution < -0.4 is 19.6 Å². The number of esters is 1. The van der Waals surface area contributed by atoms with Gasteiger partial charge >= 0.3 is 5.97 Å². The van der Waals surface area contributed by atoms with E-state index in [0.717, 1.165) is 0 Å². The number of anilines is 1. The number of hydrogen-bond donors (Lipinski definition) is 2. The number of halogens is 1. The van der Waals surface area contributed by atoms with Crippen LogP contribution in [0.4, 0.5) is 5.69 Å². The summed E-state index contributed by atoms with van der Waals surface area (Å²) in [6.45, 7) is 2.15. The van der Waals surface area contributed by atoms with E-state index in [1.807, 2.05) is 0 Å².